The van der Waals surface area contributed by atoms with E-state index >= 15 is 0 Å². The second-order valence-corrected chi connectivity index (χ2v) is 5.39. The molecule has 0 bridgehead atoms. The van der Waals surface area contributed by atoms with Crippen LogP contribution in [0.25, 0.3) is 6.08 Å². The molecule has 0 aliphatic carbocycles. The topological polar surface area (TPSA) is 84.2 Å². The summed E-state index contributed by atoms with van der Waals surface area (Å²) in [6.07, 6.45) is 3.22. The Morgan fingerprint density at radius 1 is 1.24 bits per heavy atom. The van der Waals surface area contributed by atoms with Crippen LogP contribution in [-0.4, -0.2) is 35.9 Å². The van der Waals surface area contributed by atoms with Gasteiger partial charge in [0.05, 0.1) is 18.8 Å². The maximum absolute atomic E-state index is 12.3. The van der Waals surface area contributed by atoms with E-state index < -0.39 is 5.91 Å². The van der Waals surface area contributed by atoms with E-state index in [0.717, 1.165) is 0 Å². The molecular weight excluding hydrogens is 322 g/mol. The SMILES string of the molecule is CCOc1ccc(/C=C2/C(=N)N3OC(C)=CC3=NC2=O)cc1OCC. The number of aliphatic imine (C=N–C) groups is 1. The van der Waals surface area contributed by atoms with Gasteiger partial charge < -0.3 is 14.3 Å². The summed E-state index contributed by atoms with van der Waals surface area (Å²) in [6, 6.07) is 5.36. The lowest BCUT2D eigenvalue weighted by Gasteiger charge is -2.23. The lowest BCUT2D eigenvalue weighted by Crippen LogP contribution is -2.38. The van der Waals surface area contributed by atoms with E-state index in [-0.39, 0.29) is 11.4 Å². The van der Waals surface area contributed by atoms with Gasteiger partial charge in [-0.1, -0.05) is 6.07 Å². The van der Waals surface area contributed by atoms with Crippen molar-refractivity contribution in [3.8, 4) is 11.5 Å². The van der Waals surface area contributed by atoms with E-state index in [9.17, 15) is 4.79 Å². The smallest absolute Gasteiger partial charge is 0.282 e. The molecule has 7 heteroatoms. The summed E-state index contributed by atoms with van der Waals surface area (Å²) < 4.78 is 11.1. The van der Waals surface area contributed by atoms with Crippen LogP contribution in [-0.2, 0) is 9.63 Å². The van der Waals surface area contributed by atoms with Gasteiger partial charge in [-0.05, 0) is 44.5 Å². The molecule has 3 rings (SSSR count). The zero-order chi connectivity index (χ0) is 18.0. The van der Waals surface area contributed by atoms with E-state index in [1.807, 2.05) is 13.8 Å². The molecule has 2 heterocycles. The van der Waals surface area contributed by atoms with Gasteiger partial charge in [0.1, 0.15) is 5.76 Å². The summed E-state index contributed by atoms with van der Waals surface area (Å²) >= 11 is 0. The van der Waals surface area contributed by atoms with Gasteiger partial charge in [0, 0.05) is 6.08 Å². The molecule has 1 N–H and O–H groups in total. The molecule has 0 saturated heterocycles. The van der Waals surface area contributed by atoms with Crippen molar-refractivity contribution in [2.24, 2.45) is 4.99 Å². The van der Waals surface area contributed by atoms with E-state index in [2.05, 4.69) is 4.99 Å². The predicted octanol–water partition coefficient (Wildman–Crippen LogP) is 2.93. The molecular formula is C18H19N3O4. The van der Waals surface area contributed by atoms with Crippen molar-refractivity contribution in [2.75, 3.05) is 13.2 Å². The number of amidine groups is 2. The fourth-order valence-electron chi connectivity index (χ4n) is 2.52. The Labute approximate surface area is 145 Å². The van der Waals surface area contributed by atoms with Gasteiger partial charge >= 0.3 is 0 Å². The number of ether oxygens (including phenoxy) is 2. The Morgan fingerprint density at radius 2 is 1.96 bits per heavy atom. The van der Waals surface area contributed by atoms with Gasteiger partial charge in [0.25, 0.3) is 5.91 Å². The Hall–Kier alpha value is -3.09. The average Bonchev–Trinajstić information content (AvgIpc) is 2.94. The number of amides is 1. The van der Waals surface area contributed by atoms with Gasteiger partial charge in [-0.3, -0.25) is 10.2 Å². The molecule has 0 radical (unpaired) electrons. The van der Waals surface area contributed by atoms with E-state index in [1.165, 1.54) is 5.06 Å². The maximum atomic E-state index is 12.3. The third kappa shape index (κ3) is 3.26. The van der Waals surface area contributed by atoms with Crippen LogP contribution in [0.1, 0.15) is 26.3 Å². The zero-order valence-corrected chi connectivity index (χ0v) is 14.3. The van der Waals surface area contributed by atoms with Crippen molar-refractivity contribution in [3.05, 3.63) is 41.2 Å². The highest BCUT2D eigenvalue weighted by molar-refractivity contribution is 6.32. The van der Waals surface area contributed by atoms with Gasteiger partial charge in [-0.2, -0.15) is 4.99 Å². The quantitative estimate of drug-likeness (QED) is 0.833. The largest absolute Gasteiger partial charge is 0.490 e. The Bertz CT molecular complexity index is 824. The number of allylic oxidation sites excluding steroid dienone is 1. The summed E-state index contributed by atoms with van der Waals surface area (Å²) in [4.78, 5) is 21.6. The number of hydrogen-bond donors (Lipinski definition) is 1. The number of benzene rings is 1. The predicted molar refractivity (Wildman–Crippen MR) is 93.6 cm³/mol. The molecule has 0 spiro atoms. The molecule has 25 heavy (non-hydrogen) atoms. The molecule has 0 saturated carbocycles. The molecule has 7 nitrogen and oxygen atoms in total. The third-order valence-electron chi connectivity index (χ3n) is 3.56. The minimum absolute atomic E-state index is 0.0463. The van der Waals surface area contributed by atoms with Crippen LogP contribution >= 0.6 is 0 Å². The van der Waals surface area contributed by atoms with Crippen molar-refractivity contribution >= 4 is 23.7 Å². The lowest BCUT2D eigenvalue weighted by atomic mass is 10.1. The van der Waals surface area contributed by atoms with E-state index in [0.29, 0.717) is 41.9 Å². The van der Waals surface area contributed by atoms with Gasteiger partial charge in [-0.25, -0.2) is 0 Å². The lowest BCUT2D eigenvalue weighted by molar-refractivity contribution is -0.114. The van der Waals surface area contributed by atoms with Crippen LogP contribution in [0.15, 0.2) is 40.6 Å². The minimum Gasteiger partial charge on any atom is -0.490 e. The molecule has 0 aromatic heterocycles. The number of hydroxylamine groups is 2. The average molecular weight is 341 g/mol. The number of carbonyl (C=O) groups excluding carboxylic acids is 1. The first-order chi connectivity index (χ1) is 12.0. The zero-order valence-electron chi connectivity index (χ0n) is 14.3. The molecule has 2 aliphatic heterocycles. The summed E-state index contributed by atoms with van der Waals surface area (Å²) in [7, 11) is 0. The summed E-state index contributed by atoms with van der Waals surface area (Å²) in [5.41, 5.74) is 0.862. The first kappa shape index (κ1) is 16.8. The Morgan fingerprint density at radius 3 is 2.68 bits per heavy atom. The van der Waals surface area contributed by atoms with E-state index in [4.69, 9.17) is 19.7 Å². The highest BCUT2D eigenvalue weighted by atomic mass is 16.7. The summed E-state index contributed by atoms with van der Waals surface area (Å²) in [5.74, 6) is 1.61. The van der Waals surface area contributed by atoms with Crippen molar-refractivity contribution < 1.29 is 19.1 Å². The number of nitrogens with one attached hydrogen (secondary N) is 1. The first-order valence-corrected chi connectivity index (χ1v) is 8.03. The second kappa shape index (κ2) is 6.80. The van der Waals surface area contributed by atoms with Gasteiger partial charge in [0.2, 0.25) is 0 Å². The summed E-state index contributed by atoms with van der Waals surface area (Å²) in [5, 5.41) is 9.46. The van der Waals surface area contributed by atoms with Crippen LogP contribution < -0.4 is 9.47 Å². The molecule has 1 aromatic rings. The highest BCUT2D eigenvalue weighted by Crippen LogP contribution is 2.30. The maximum Gasteiger partial charge on any atom is 0.282 e. The fraction of sp³-hybridized carbons (Fsp3) is 0.278. The second-order valence-electron chi connectivity index (χ2n) is 5.39. The van der Waals surface area contributed by atoms with Crippen molar-refractivity contribution in [1.29, 1.82) is 5.41 Å². The van der Waals surface area contributed by atoms with Crippen LogP contribution in [0.3, 0.4) is 0 Å². The van der Waals surface area contributed by atoms with Crippen molar-refractivity contribution in [3.63, 3.8) is 0 Å². The van der Waals surface area contributed by atoms with Crippen LogP contribution in [0.4, 0.5) is 0 Å². The molecule has 2 aliphatic rings. The number of rotatable bonds is 5. The number of carbonyl (C=O) groups is 1. The summed E-state index contributed by atoms with van der Waals surface area (Å²) in [6.45, 7) is 6.55. The standard InChI is InChI=1S/C18H19N3O4/c1-4-23-14-7-6-12(10-15(14)24-5-2)9-13-17(19)21-16(20-18(13)22)8-11(3)25-21/h6-10,19H,4-5H2,1-3H3/b13-9-,19-17?. The normalized spacial score (nSPS) is 17.9. The fourth-order valence-corrected chi connectivity index (χ4v) is 2.52. The van der Waals surface area contributed by atoms with Crippen LogP contribution in [0, 0.1) is 5.41 Å². The monoisotopic (exact) mass is 341 g/mol. The number of fused-ring (bicyclic) bond motifs is 1. The molecule has 1 aromatic carbocycles. The van der Waals surface area contributed by atoms with Gasteiger partial charge in [-0.15, -0.1) is 5.06 Å². The van der Waals surface area contributed by atoms with Crippen molar-refractivity contribution in [1.82, 2.24) is 5.06 Å². The number of nitrogens with zero attached hydrogens (tertiary/aromatic N) is 2. The Balaban J connectivity index is 1.94. The van der Waals surface area contributed by atoms with Gasteiger partial charge in [0.15, 0.2) is 23.2 Å². The molecule has 130 valence electrons. The third-order valence-corrected chi connectivity index (χ3v) is 3.56. The Kier molecular flexibility index (Phi) is 4.56. The van der Waals surface area contributed by atoms with Crippen LogP contribution in [0.2, 0.25) is 0 Å². The first-order valence-electron chi connectivity index (χ1n) is 8.03. The van der Waals surface area contributed by atoms with Crippen LogP contribution in [0.5, 0.6) is 11.5 Å². The van der Waals surface area contributed by atoms with Crippen molar-refractivity contribution in [2.45, 2.75) is 20.8 Å². The minimum atomic E-state index is -0.474. The molecule has 0 atom stereocenters. The highest BCUT2D eigenvalue weighted by Gasteiger charge is 2.34. The number of hydrogen-bond acceptors (Lipinski definition) is 5. The molecule has 0 fully saturated rings. The van der Waals surface area contributed by atoms with E-state index in [1.54, 1.807) is 37.3 Å². The molecule has 1 amide bonds. The molecule has 0 unspecified atom stereocenters.